The predicted octanol–water partition coefficient (Wildman–Crippen LogP) is 1.68. The molecule has 6 nitrogen and oxygen atoms in total. The quantitative estimate of drug-likeness (QED) is 0.746. The molecule has 19 heavy (non-hydrogen) atoms. The van der Waals surface area contributed by atoms with E-state index in [9.17, 15) is 0 Å². The number of anilines is 2. The van der Waals surface area contributed by atoms with E-state index in [1.165, 1.54) is 0 Å². The van der Waals surface area contributed by atoms with E-state index in [0.717, 1.165) is 0 Å². The number of hydrogen-bond donors (Lipinski definition) is 2. The molecule has 0 aliphatic heterocycles. The molecule has 1 aromatic heterocycles. The maximum Gasteiger partial charge on any atom is 0.158 e. The Morgan fingerprint density at radius 2 is 2.11 bits per heavy atom. The van der Waals surface area contributed by atoms with Crippen LogP contribution in [0.25, 0.3) is 0 Å². The third kappa shape index (κ3) is 5.40. The summed E-state index contributed by atoms with van der Waals surface area (Å²) in [6, 6.07) is 1.91. The molecule has 0 radical (unpaired) electrons. The average molecular weight is 268 g/mol. The van der Waals surface area contributed by atoms with Crippen LogP contribution in [0.1, 0.15) is 26.6 Å². The van der Waals surface area contributed by atoms with E-state index in [0.29, 0.717) is 43.2 Å². The SMILES string of the molecule is CCOCC(Nc1cc(N)nc(COC)n1)C(C)C. The minimum Gasteiger partial charge on any atom is -0.384 e. The summed E-state index contributed by atoms with van der Waals surface area (Å²) in [6.45, 7) is 7.94. The van der Waals surface area contributed by atoms with E-state index >= 15 is 0 Å². The third-order valence-corrected chi connectivity index (χ3v) is 2.71. The van der Waals surface area contributed by atoms with Gasteiger partial charge in [-0.15, -0.1) is 0 Å². The smallest absolute Gasteiger partial charge is 0.158 e. The molecule has 1 atom stereocenters. The van der Waals surface area contributed by atoms with E-state index in [1.807, 2.05) is 6.92 Å². The Bertz CT molecular complexity index is 385. The van der Waals surface area contributed by atoms with Crippen LogP contribution in [0.3, 0.4) is 0 Å². The highest BCUT2D eigenvalue weighted by molar-refractivity contribution is 5.45. The number of hydrogen-bond acceptors (Lipinski definition) is 6. The molecule has 0 aliphatic rings. The molecule has 0 saturated heterocycles. The summed E-state index contributed by atoms with van der Waals surface area (Å²) in [7, 11) is 1.60. The molecule has 0 aliphatic carbocycles. The lowest BCUT2D eigenvalue weighted by atomic mass is 10.1. The van der Waals surface area contributed by atoms with Gasteiger partial charge in [0.25, 0.3) is 0 Å². The molecule has 0 bridgehead atoms. The largest absolute Gasteiger partial charge is 0.384 e. The maximum absolute atomic E-state index is 5.76. The van der Waals surface area contributed by atoms with Crippen LogP contribution >= 0.6 is 0 Å². The lowest BCUT2D eigenvalue weighted by Crippen LogP contribution is -2.31. The second-order valence-electron chi connectivity index (χ2n) is 4.68. The van der Waals surface area contributed by atoms with E-state index in [2.05, 4.69) is 29.1 Å². The monoisotopic (exact) mass is 268 g/mol. The lowest BCUT2D eigenvalue weighted by molar-refractivity contribution is 0.126. The molecule has 1 heterocycles. The molecule has 3 N–H and O–H groups in total. The van der Waals surface area contributed by atoms with Crippen molar-refractivity contribution in [2.75, 3.05) is 31.4 Å². The number of ether oxygens (including phenoxy) is 2. The molecule has 1 rings (SSSR count). The predicted molar refractivity (Wildman–Crippen MR) is 75.9 cm³/mol. The molecule has 0 saturated carbocycles. The van der Waals surface area contributed by atoms with Crippen LogP contribution < -0.4 is 11.1 Å². The summed E-state index contributed by atoms with van der Waals surface area (Å²) in [5.74, 6) is 2.14. The van der Waals surface area contributed by atoms with Gasteiger partial charge in [0.2, 0.25) is 0 Å². The normalized spacial score (nSPS) is 12.7. The highest BCUT2D eigenvalue weighted by atomic mass is 16.5. The molecule has 0 amide bonds. The van der Waals surface area contributed by atoms with Gasteiger partial charge in [-0.2, -0.15) is 0 Å². The third-order valence-electron chi connectivity index (χ3n) is 2.71. The molecule has 1 unspecified atom stereocenters. The highest BCUT2D eigenvalue weighted by Crippen LogP contribution is 2.14. The van der Waals surface area contributed by atoms with Crippen LogP contribution in [-0.4, -0.2) is 36.3 Å². The minimum atomic E-state index is 0.185. The van der Waals surface area contributed by atoms with Crippen molar-refractivity contribution in [3.05, 3.63) is 11.9 Å². The maximum atomic E-state index is 5.76. The van der Waals surface area contributed by atoms with Crippen molar-refractivity contribution in [3.8, 4) is 0 Å². The Labute approximate surface area is 114 Å². The summed E-state index contributed by atoms with van der Waals surface area (Å²) in [5, 5.41) is 3.34. The van der Waals surface area contributed by atoms with Gasteiger partial charge in [-0.3, -0.25) is 0 Å². The van der Waals surface area contributed by atoms with Crippen LogP contribution in [0.15, 0.2) is 6.07 Å². The number of rotatable bonds is 8. The fourth-order valence-electron chi connectivity index (χ4n) is 1.62. The zero-order chi connectivity index (χ0) is 14.3. The summed E-state index contributed by atoms with van der Waals surface area (Å²) in [5.41, 5.74) is 5.76. The Hall–Kier alpha value is -1.40. The van der Waals surface area contributed by atoms with E-state index < -0.39 is 0 Å². The van der Waals surface area contributed by atoms with Gasteiger partial charge in [-0.05, 0) is 12.8 Å². The van der Waals surface area contributed by atoms with Crippen LogP contribution in [0.5, 0.6) is 0 Å². The standard InChI is InChI=1S/C13H24N4O2/c1-5-19-7-10(9(2)3)15-12-6-11(14)16-13(17-12)8-18-4/h6,9-10H,5,7-8H2,1-4H3,(H3,14,15,16,17). The van der Waals surface area contributed by atoms with Crippen molar-refractivity contribution in [3.63, 3.8) is 0 Å². The molecular formula is C13H24N4O2. The fraction of sp³-hybridized carbons (Fsp3) is 0.692. The molecule has 0 aromatic carbocycles. The summed E-state index contributed by atoms with van der Waals surface area (Å²) in [6.07, 6.45) is 0. The number of nitrogens with one attached hydrogen (secondary N) is 1. The topological polar surface area (TPSA) is 82.3 Å². The van der Waals surface area contributed by atoms with E-state index in [4.69, 9.17) is 15.2 Å². The Kier molecular flexibility index (Phi) is 6.52. The minimum absolute atomic E-state index is 0.185. The first-order valence-electron chi connectivity index (χ1n) is 6.53. The van der Waals surface area contributed by atoms with E-state index in [-0.39, 0.29) is 6.04 Å². The van der Waals surface area contributed by atoms with Gasteiger partial charge in [0.1, 0.15) is 18.2 Å². The highest BCUT2D eigenvalue weighted by Gasteiger charge is 2.14. The zero-order valence-corrected chi connectivity index (χ0v) is 12.1. The van der Waals surface area contributed by atoms with Crippen molar-refractivity contribution in [2.24, 2.45) is 5.92 Å². The van der Waals surface area contributed by atoms with E-state index in [1.54, 1.807) is 13.2 Å². The van der Waals surface area contributed by atoms with Crippen molar-refractivity contribution < 1.29 is 9.47 Å². The second-order valence-corrected chi connectivity index (χ2v) is 4.68. The second kappa shape index (κ2) is 7.91. The number of methoxy groups -OCH3 is 1. The number of nitrogens with zero attached hydrogens (tertiary/aromatic N) is 2. The van der Waals surface area contributed by atoms with Gasteiger partial charge in [0.05, 0.1) is 12.6 Å². The first-order valence-corrected chi connectivity index (χ1v) is 6.53. The first-order chi connectivity index (χ1) is 9.06. The Morgan fingerprint density at radius 3 is 2.68 bits per heavy atom. The van der Waals surface area contributed by atoms with Crippen molar-refractivity contribution in [2.45, 2.75) is 33.4 Å². The van der Waals surface area contributed by atoms with Crippen molar-refractivity contribution >= 4 is 11.6 Å². The van der Waals surface area contributed by atoms with Crippen LogP contribution in [0.2, 0.25) is 0 Å². The van der Waals surface area contributed by atoms with Crippen LogP contribution in [-0.2, 0) is 16.1 Å². The molecule has 6 heteroatoms. The van der Waals surface area contributed by atoms with Gasteiger partial charge < -0.3 is 20.5 Å². The van der Waals surface area contributed by atoms with Gasteiger partial charge in [-0.1, -0.05) is 13.8 Å². The molecule has 0 fully saturated rings. The average Bonchev–Trinajstić information content (AvgIpc) is 2.33. The number of nitrogen functional groups attached to an aromatic ring is 1. The zero-order valence-electron chi connectivity index (χ0n) is 12.1. The van der Waals surface area contributed by atoms with Gasteiger partial charge >= 0.3 is 0 Å². The van der Waals surface area contributed by atoms with Gasteiger partial charge in [0, 0.05) is 19.8 Å². The lowest BCUT2D eigenvalue weighted by Gasteiger charge is -2.23. The van der Waals surface area contributed by atoms with Gasteiger partial charge in [-0.25, -0.2) is 9.97 Å². The van der Waals surface area contributed by atoms with Crippen molar-refractivity contribution in [1.82, 2.24) is 9.97 Å². The molecule has 1 aromatic rings. The summed E-state index contributed by atoms with van der Waals surface area (Å²) in [4.78, 5) is 8.48. The van der Waals surface area contributed by atoms with Crippen molar-refractivity contribution in [1.29, 1.82) is 0 Å². The first kappa shape index (κ1) is 15.7. The number of nitrogens with two attached hydrogens (primary N) is 1. The molecule has 108 valence electrons. The van der Waals surface area contributed by atoms with Crippen LogP contribution in [0.4, 0.5) is 11.6 Å². The molecule has 0 spiro atoms. The molecular weight excluding hydrogens is 244 g/mol. The summed E-state index contributed by atoms with van der Waals surface area (Å²) < 4.78 is 10.5. The fourth-order valence-corrected chi connectivity index (χ4v) is 1.62. The Balaban J connectivity index is 2.77. The Morgan fingerprint density at radius 1 is 1.37 bits per heavy atom. The van der Waals surface area contributed by atoms with Gasteiger partial charge in [0.15, 0.2) is 5.82 Å². The van der Waals surface area contributed by atoms with Crippen LogP contribution in [0, 0.1) is 5.92 Å². The number of aromatic nitrogens is 2. The summed E-state index contributed by atoms with van der Waals surface area (Å²) >= 11 is 0.